The molecule has 0 amide bonds. The molecule has 2 rings (SSSR count). The molecule has 0 aliphatic heterocycles. The van der Waals surface area contributed by atoms with Crippen molar-refractivity contribution in [1.29, 1.82) is 0 Å². The van der Waals surface area contributed by atoms with Crippen LogP contribution in [0.1, 0.15) is 19.3 Å². The molecule has 2 nitrogen and oxygen atoms in total. The van der Waals surface area contributed by atoms with Gasteiger partial charge in [-0.1, -0.05) is 18.6 Å². The summed E-state index contributed by atoms with van der Waals surface area (Å²) in [6.07, 6.45) is 3.76. The van der Waals surface area contributed by atoms with Gasteiger partial charge < -0.3 is 10.2 Å². The first-order valence-electron chi connectivity index (χ1n) is 6.35. The number of benzene rings is 1. The van der Waals surface area contributed by atoms with Crippen LogP contribution >= 0.6 is 0 Å². The smallest absolute Gasteiger partial charge is 0.146 e. The molecule has 0 spiro atoms. The summed E-state index contributed by atoms with van der Waals surface area (Å²) in [5.74, 6) is 0.499. The van der Waals surface area contributed by atoms with Gasteiger partial charge in [-0.3, -0.25) is 0 Å². The van der Waals surface area contributed by atoms with E-state index < -0.39 is 0 Å². The van der Waals surface area contributed by atoms with Crippen LogP contribution in [0.3, 0.4) is 0 Å². The molecule has 2 unspecified atom stereocenters. The Morgan fingerprint density at radius 3 is 2.82 bits per heavy atom. The molecule has 17 heavy (non-hydrogen) atoms. The largest absolute Gasteiger partial charge is 0.372 e. The molecule has 1 aliphatic rings. The summed E-state index contributed by atoms with van der Waals surface area (Å²) in [6, 6.07) is 7.58. The van der Waals surface area contributed by atoms with Gasteiger partial charge in [0.05, 0.1) is 5.69 Å². The van der Waals surface area contributed by atoms with Gasteiger partial charge in [-0.25, -0.2) is 4.39 Å². The molecule has 1 aromatic rings. The molecule has 1 aromatic carbocycles. The molecule has 94 valence electrons. The number of hydrogen-bond donors (Lipinski definition) is 1. The number of hydrogen-bond acceptors (Lipinski definition) is 2. The maximum atomic E-state index is 13.6. The number of nitrogens with one attached hydrogen (secondary N) is 1. The molecular weight excluding hydrogens is 215 g/mol. The molecule has 1 N–H and O–H groups in total. The molecule has 0 radical (unpaired) electrons. The second-order valence-electron chi connectivity index (χ2n) is 4.92. The van der Waals surface area contributed by atoms with Crippen LogP contribution in [-0.2, 0) is 0 Å². The topological polar surface area (TPSA) is 15.3 Å². The molecule has 2 atom stereocenters. The highest BCUT2D eigenvalue weighted by molar-refractivity contribution is 5.46. The third-order valence-electron chi connectivity index (χ3n) is 3.80. The monoisotopic (exact) mass is 236 g/mol. The second kappa shape index (κ2) is 5.50. The Morgan fingerprint density at radius 1 is 1.35 bits per heavy atom. The van der Waals surface area contributed by atoms with E-state index >= 15 is 0 Å². The van der Waals surface area contributed by atoms with E-state index in [0.29, 0.717) is 17.6 Å². The number of anilines is 1. The third kappa shape index (κ3) is 2.78. The van der Waals surface area contributed by atoms with Gasteiger partial charge in [0.15, 0.2) is 0 Å². The maximum Gasteiger partial charge on any atom is 0.146 e. The Hall–Kier alpha value is -1.09. The van der Waals surface area contributed by atoms with Gasteiger partial charge in [-0.15, -0.1) is 0 Å². The molecular formula is C14H21FN2. The first kappa shape index (κ1) is 12.4. The van der Waals surface area contributed by atoms with E-state index in [-0.39, 0.29) is 5.82 Å². The van der Waals surface area contributed by atoms with E-state index in [1.807, 2.05) is 31.1 Å². The Labute approximate surface area is 103 Å². The zero-order valence-corrected chi connectivity index (χ0v) is 10.6. The van der Waals surface area contributed by atoms with E-state index in [1.54, 1.807) is 6.07 Å². The zero-order valence-electron chi connectivity index (χ0n) is 10.6. The van der Waals surface area contributed by atoms with Gasteiger partial charge in [0.25, 0.3) is 0 Å². The van der Waals surface area contributed by atoms with Crippen LogP contribution in [-0.4, -0.2) is 26.7 Å². The average molecular weight is 236 g/mol. The molecule has 3 heteroatoms. The molecule has 0 saturated heterocycles. The number of rotatable bonds is 4. The molecule has 0 heterocycles. The van der Waals surface area contributed by atoms with Crippen molar-refractivity contribution < 1.29 is 4.39 Å². The SMILES string of the molecule is CNC1CCCC1CN(C)c1ccccc1F. The maximum absolute atomic E-state index is 13.6. The van der Waals surface area contributed by atoms with Crippen molar-refractivity contribution in [2.45, 2.75) is 25.3 Å². The first-order chi connectivity index (χ1) is 8.22. The van der Waals surface area contributed by atoms with Crippen LogP contribution in [0.2, 0.25) is 0 Å². The Bertz CT molecular complexity index is 367. The van der Waals surface area contributed by atoms with E-state index in [4.69, 9.17) is 0 Å². The molecule has 0 bridgehead atoms. The fourth-order valence-electron chi connectivity index (χ4n) is 2.85. The Balaban J connectivity index is 2.01. The minimum atomic E-state index is -0.131. The summed E-state index contributed by atoms with van der Waals surface area (Å²) in [5, 5.41) is 3.37. The minimum Gasteiger partial charge on any atom is -0.372 e. The van der Waals surface area contributed by atoms with Crippen molar-refractivity contribution in [1.82, 2.24) is 5.32 Å². The van der Waals surface area contributed by atoms with Gasteiger partial charge in [-0.2, -0.15) is 0 Å². The number of nitrogens with zero attached hydrogens (tertiary/aromatic N) is 1. The molecule has 1 aliphatic carbocycles. The summed E-state index contributed by atoms with van der Waals surface area (Å²) in [7, 11) is 4.00. The van der Waals surface area contributed by atoms with Gasteiger partial charge >= 0.3 is 0 Å². The highest BCUT2D eigenvalue weighted by Crippen LogP contribution is 2.28. The lowest BCUT2D eigenvalue weighted by molar-refractivity contribution is 0.427. The summed E-state index contributed by atoms with van der Waals surface area (Å²) in [5.41, 5.74) is 0.703. The van der Waals surface area contributed by atoms with E-state index in [2.05, 4.69) is 5.32 Å². The summed E-state index contributed by atoms with van der Waals surface area (Å²) >= 11 is 0. The van der Waals surface area contributed by atoms with Gasteiger partial charge in [-0.05, 0) is 37.9 Å². The van der Waals surface area contributed by atoms with Crippen LogP contribution in [0.25, 0.3) is 0 Å². The Kier molecular flexibility index (Phi) is 4.00. The highest BCUT2D eigenvalue weighted by Gasteiger charge is 2.27. The summed E-state index contributed by atoms with van der Waals surface area (Å²) < 4.78 is 13.6. The normalized spacial score (nSPS) is 23.9. The summed E-state index contributed by atoms with van der Waals surface area (Å²) in [4.78, 5) is 2.04. The third-order valence-corrected chi connectivity index (χ3v) is 3.80. The van der Waals surface area contributed by atoms with Crippen LogP contribution in [0.5, 0.6) is 0 Å². The predicted molar refractivity (Wildman–Crippen MR) is 69.9 cm³/mol. The van der Waals surface area contributed by atoms with Crippen molar-refractivity contribution in [2.75, 3.05) is 25.5 Å². The van der Waals surface area contributed by atoms with Crippen LogP contribution < -0.4 is 10.2 Å². The average Bonchev–Trinajstić information content (AvgIpc) is 2.76. The lowest BCUT2D eigenvalue weighted by Gasteiger charge is -2.27. The Morgan fingerprint density at radius 2 is 2.12 bits per heavy atom. The fourth-order valence-corrected chi connectivity index (χ4v) is 2.85. The zero-order chi connectivity index (χ0) is 12.3. The number of para-hydroxylation sites is 1. The van der Waals surface area contributed by atoms with Crippen molar-refractivity contribution in [2.24, 2.45) is 5.92 Å². The molecule has 0 aromatic heterocycles. The first-order valence-corrected chi connectivity index (χ1v) is 6.35. The standard InChI is InChI=1S/C14H21FN2/c1-16-13-8-5-6-11(13)10-17(2)14-9-4-3-7-12(14)15/h3-4,7,9,11,13,16H,5-6,8,10H2,1-2H3. The van der Waals surface area contributed by atoms with Crippen molar-refractivity contribution in [3.63, 3.8) is 0 Å². The van der Waals surface area contributed by atoms with Crippen molar-refractivity contribution >= 4 is 5.69 Å². The predicted octanol–water partition coefficient (Wildman–Crippen LogP) is 2.65. The fraction of sp³-hybridized carbons (Fsp3) is 0.571. The molecule has 1 fully saturated rings. The van der Waals surface area contributed by atoms with Crippen molar-refractivity contribution in [3.8, 4) is 0 Å². The van der Waals surface area contributed by atoms with Gasteiger partial charge in [0.2, 0.25) is 0 Å². The van der Waals surface area contributed by atoms with E-state index in [9.17, 15) is 4.39 Å². The van der Waals surface area contributed by atoms with Crippen LogP contribution in [0.4, 0.5) is 10.1 Å². The van der Waals surface area contributed by atoms with Gasteiger partial charge in [0, 0.05) is 19.6 Å². The molecule has 1 saturated carbocycles. The highest BCUT2D eigenvalue weighted by atomic mass is 19.1. The quantitative estimate of drug-likeness (QED) is 0.864. The lowest BCUT2D eigenvalue weighted by Crippen LogP contribution is -2.36. The minimum absolute atomic E-state index is 0.131. The second-order valence-corrected chi connectivity index (χ2v) is 4.92. The lowest BCUT2D eigenvalue weighted by atomic mass is 10.0. The number of halogens is 1. The summed E-state index contributed by atoms with van der Waals surface area (Å²) in [6.45, 7) is 0.923. The van der Waals surface area contributed by atoms with E-state index in [1.165, 1.54) is 25.3 Å². The van der Waals surface area contributed by atoms with Crippen LogP contribution in [0, 0.1) is 11.7 Å². The van der Waals surface area contributed by atoms with E-state index in [0.717, 1.165) is 6.54 Å². The van der Waals surface area contributed by atoms with Crippen molar-refractivity contribution in [3.05, 3.63) is 30.1 Å². The van der Waals surface area contributed by atoms with Crippen LogP contribution in [0.15, 0.2) is 24.3 Å². The van der Waals surface area contributed by atoms with Gasteiger partial charge in [0.1, 0.15) is 5.82 Å².